The summed E-state index contributed by atoms with van der Waals surface area (Å²) in [5, 5.41) is 10.6. The molecule has 1 heterocycles. The van der Waals surface area contributed by atoms with E-state index >= 15 is 0 Å². The van der Waals surface area contributed by atoms with Gasteiger partial charge in [0.1, 0.15) is 0 Å². The molecule has 3 nitrogen and oxygen atoms in total. The lowest BCUT2D eigenvalue weighted by Crippen LogP contribution is -2.50. The molecule has 1 aromatic rings. The molecule has 126 valence electrons. The van der Waals surface area contributed by atoms with Crippen LogP contribution in [0.1, 0.15) is 51.0 Å². The van der Waals surface area contributed by atoms with E-state index in [1.807, 2.05) is 36.1 Å². The van der Waals surface area contributed by atoms with Crippen LogP contribution >= 0.6 is 11.6 Å². The number of carbonyl (C=O) groups is 1. The molecule has 3 rings (SSSR count). The number of hydrogen-bond donors (Lipinski definition) is 1. The Hall–Kier alpha value is -1.06. The Kier molecular flexibility index (Phi) is 4.98. The highest BCUT2D eigenvalue weighted by molar-refractivity contribution is 6.30. The van der Waals surface area contributed by atoms with Gasteiger partial charge in [0, 0.05) is 24.0 Å². The summed E-state index contributed by atoms with van der Waals surface area (Å²) in [6.07, 6.45) is 5.62. The van der Waals surface area contributed by atoms with Crippen molar-refractivity contribution < 1.29 is 9.90 Å². The fourth-order valence-electron chi connectivity index (χ4n) is 4.28. The number of halogens is 1. The lowest BCUT2D eigenvalue weighted by molar-refractivity contribution is -0.140. The third kappa shape index (κ3) is 3.27. The van der Waals surface area contributed by atoms with E-state index in [9.17, 15) is 9.90 Å². The SMILES string of the molecule is CC(O)C1CCCN(C(=O)C2(c3cccc(Cl)c3)CCCC2)C1. The molecular weight excluding hydrogens is 310 g/mol. The summed E-state index contributed by atoms with van der Waals surface area (Å²) in [6, 6.07) is 7.81. The van der Waals surface area contributed by atoms with Gasteiger partial charge < -0.3 is 10.0 Å². The van der Waals surface area contributed by atoms with Crippen LogP contribution in [0, 0.1) is 5.92 Å². The van der Waals surface area contributed by atoms with Gasteiger partial charge >= 0.3 is 0 Å². The van der Waals surface area contributed by atoms with Gasteiger partial charge in [0.2, 0.25) is 5.91 Å². The minimum atomic E-state index is -0.411. The summed E-state index contributed by atoms with van der Waals surface area (Å²) in [6.45, 7) is 3.32. The van der Waals surface area contributed by atoms with E-state index in [4.69, 9.17) is 11.6 Å². The monoisotopic (exact) mass is 335 g/mol. The van der Waals surface area contributed by atoms with Gasteiger partial charge in [0.25, 0.3) is 0 Å². The lowest BCUT2D eigenvalue weighted by Gasteiger charge is -2.40. The molecule has 1 aliphatic carbocycles. The molecule has 0 radical (unpaired) electrons. The topological polar surface area (TPSA) is 40.5 Å². The third-order valence-electron chi connectivity index (χ3n) is 5.67. The molecule has 2 fully saturated rings. The van der Waals surface area contributed by atoms with Crippen molar-refractivity contribution in [2.75, 3.05) is 13.1 Å². The van der Waals surface area contributed by atoms with E-state index in [-0.39, 0.29) is 17.9 Å². The second kappa shape index (κ2) is 6.82. The number of nitrogens with zero attached hydrogens (tertiary/aromatic N) is 1. The highest BCUT2D eigenvalue weighted by atomic mass is 35.5. The zero-order valence-corrected chi connectivity index (χ0v) is 14.6. The number of aliphatic hydroxyl groups excluding tert-OH is 1. The Morgan fingerprint density at radius 2 is 2.09 bits per heavy atom. The summed E-state index contributed by atoms with van der Waals surface area (Å²) < 4.78 is 0. The number of carbonyl (C=O) groups excluding carboxylic acids is 1. The van der Waals surface area contributed by atoms with Crippen LogP contribution in [-0.2, 0) is 10.2 Å². The molecule has 1 saturated carbocycles. The average molecular weight is 336 g/mol. The van der Waals surface area contributed by atoms with E-state index < -0.39 is 5.41 Å². The second-order valence-corrected chi connectivity index (χ2v) is 7.63. The molecule has 1 aromatic carbocycles. The number of hydrogen-bond acceptors (Lipinski definition) is 2. The molecule has 4 heteroatoms. The van der Waals surface area contributed by atoms with E-state index in [0.717, 1.165) is 50.6 Å². The van der Waals surface area contributed by atoms with Gasteiger partial charge in [-0.15, -0.1) is 0 Å². The molecule has 1 amide bonds. The van der Waals surface area contributed by atoms with Crippen molar-refractivity contribution in [1.82, 2.24) is 4.90 Å². The fourth-order valence-corrected chi connectivity index (χ4v) is 4.47. The summed E-state index contributed by atoms with van der Waals surface area (Å²) in [7, 11) is 0. The highest BCUT2D eigenvalue weighted by Crippen LogP contribution is 2.43. The first-order chi connectivity index (χ1) is 11.0. The van der Waals surface area contributed by atoms with Gasteiger partial charge in [-0.2, -0.15) is 0 Å². The Morgan fingerprint density at radius 1 is 1.35 bits per heavy atom. The zero-order valence-electron chi connectivity index (χ0n) is 13.8. The molecule has 0 aromatic heterocycles. The van der Waals surface area contributed by atoms with Crippen molar-refractivity contribution in [2.45, 2.75) is 57.0 Å². The molecule has 23 heavy (non-hydrogen) atoms. The van der Waals surface area contributed by atoms with Gasteiger partial charge in [-0.3, -0.25) is 4.79 Å². The Labute approximate surface area is 143 Å². The third-order valence-corrected chi connectivity index (χ3v) is 5.91. The Morgan fingerprint density at radius 3 is 2.74 bits per heavy atom. The molecular formula is C19H26ClNO2. The normalized spacial score (nSPS) is 25.3. The van der Waals surface area contributed by atoms with Crippen LogP contribution in [0.2, 0.25) is 5.02 Å². The van der Waals surface area contributed by atoms with Gasteiger partial charge in [-0.05, 0) is 50.3 Å². The quantitative estimate of drug-likeness (QED) is 0.913. The summed E-state index contributed by atoms with van der Waals surface area (Å²) in [5.74, 6) is 0.438. The van der Waals surface area contributed by atoms with E-state index in [1.165, 1.54) is 0 Å². The van der Waals surface area contributed by atoms with Crippen molar-refractivity contribution in [3.8, 4) is 0 Å². The molecule has 2 unspecified atom stereocenters. The maximum Gasteiger partial charge on any atom is 0.233 e. The van der Waals surface area contributed by atoms with E-state index in [1.54, 1.807) is 0 Å². The maximum absolute atomic E-state index is 13.4. The van der Waals surface area contributed by atoms with Crippen LogP contribution in [0.15, 0.2) is 24.3 Å². The van der Waals surface area contributed by atoms with Gasteiger partial charge in [0.05, 0.1) is 11.5 Å². The minimum absolute atomic E-state index is 0.200. The van der Waals surface area contributed by atoms with Crippen molar-refractivity contribution in [3.05, 3.63) is 34.9 Å². The van der Waals surface area contributed by atoms with Crippen LogP contribution in [0.3, 0.4) is 0 Å². The molecule has 2 atom stereocenters. The number of aliphatic hydroxyl groups is 1. The van der Waals surface area contributed by atoms with Crippen molar-refractivity contribution >= 4 is 17.5 Å². The molecule has 1 saturated heterocycles. The molecule has 0 bridgehead atoms. The van der Waals surface area contributed by atoms with Crippen LogP contribution in [0.25, 0.3) is 0 Å². The van der Waals surface area contributed by atoms with Crippen LogP contribution in [0.5, 0.6) is 0 Å². The fraction of sp³-hybridized carbons (Fsp3) is 0.632. The summed E-state index contributed by atoms with van der Waals surface area (Å²) in [4.78, 5) is 15.4. The van der Waals surface area contributed by atoms with Gasteiger partial charge in [-0.25, -0.2) is 0 Å². The largest absolute Gasteiger partial charge is 0.393 e. The average Bonchev–Trinajstić information content (AvgIpc) is 3.05. The number of piperidine rings is 1. The highest BCUT2D eigenvalue weighted by Gasteiger charge is 2.45. The Bertz CT molecular complexity index is 566. The minimum Gasteiger partial charge on any atom is -0.393 e. The van der Waals surface area contributed by atoms with E-state index in [2.05, 4.69) is 0 Å². The first-order valence-electron chi connectivity index (χ1n) is 8.76. The summed E-state index contributed by atoms with van der Waals surface area (Å²) >= 11 is 6.18. The number of rotatable bonds is 3. The van der Waals surface area contributed by atoms with Gasteiger partial charge in [0.15, 0.2) is 0 Å². The first-order valence-corrected chi connectivity index (χ1v) is 9.14. The first kappa shape index (κ1) is 16.8. The smallest absolute Gasteiger partial charge is 0.233 e. The second-order valence-electron chi connectivity index (χ2n) is 7.19. The maximum atomic E-state index is 13.4. The standard InChI is InChI=1S/C19H26ClNO2/c1-14(22)15-6-5-11-21(13-15)18(23)19(9-2-3-10-19)16-7-4-8-17(20)12-16/h4,7-8,12,14-15,22H,2-3,5-6,9-11,13H2,1H3. The molecule has 2 aliphatic rings. The molecule has 1 N–H and O–H groups in total. The van der Waals surface area contributed by atoms with Crippen molar-refractivity contribution in [3.63, 3.8) is 0 Å². The number of benzene rings is 1. The lowest BCUT2D eigenvalue weighted by atomic mass is 9.76. The summed E-state index contributed by atoms with van der Waals surface area (Å²) in [5.41, 5.74) is 0.651. The zero-order chi connectivity index (χ0) is 16.4. The number of likely N-dealkylation sites (tertiary alicyclic amines) is 1. The van der Waals surface area contributed by atoms with E-state index in [0.29, 0.717) is 11.6 Å². The van der Waals surface area contributed by atoms with Crippen molar-refractivity contribution in [1.29, 1.82) is 0 Å². The van der Waals surface area contributed by atoms with Crippen LogP contribution in [0.4, 0.5) is 0 Å². The predicted molar refractivity (Wildman–Crippen MR) is 92.6 cm³/mol. The van der Waals surface area contributed by atoms with Gasteiger partial charge in [-0.1, -0.05) is 36.6 Å². The predicted octanol–water partition coefficient (Wildman–Crippen LogP) is 3.77. The van der Waals surface area contributed by atoms with Crippen LogP contribution in [-0.4, -0.2) is 35.1 Å². The molecule has 0 spiro atoms. The number of amides is 1. The van der Waals surface area contributed by atoms with Crippen molar-refractivity contribution in [2.24, 2.45) is 5.92 Å². The van der Waals surface area contributed by atoms with Crippen LogP contribution < -0.4 is 0 Å². The Balaban J connectivity index is 1.87. The molecule has 1 aliphatic heterocycles.